The molecule has 1 heterocycles. The highest BCUT2D eigenvalue weighted by Gasteiger charge is 2.02. The lowest BCUT2D eigenvalue weighted by atomic mass is 10.4. The van der Waals surface area contributed by atoms with Gasteiger partial charge in [0.2, 0.25) is 5.95 Å². The maximum Gasteiger partial charge on any atom is 0.222 e. The van der Waals surface area contributed by atoms with E-state index >= 15 is 0 Å². The first-order valence-corrected chi connectivity index (χ1v) is 4.92. The van der Waals surface area contributed by atoms with Gasteiger partial charge in [0.05, 0.1) is 24.0 Å². The van der Waals surface area contributed by atoms with Gasteiger partial charge in [-0.25, -0.2) is 9.97 Å². The third-order valence-corrected chi connectivity index (χ3v) is 1.76. The van der Waals surface area contributed by atoms with Crippen molar-refractivity contribution in [3.63, 3.8) is 0 Å². The Bertz CT molecular complexity index is 265. The van der Waals surface area contributed by atoms with Crippen molar-refractivity contribution in [1.82, 2.24) is 9.97 Å². The molecule has 0 radical (unpaired) electrons. The average Bonchev–Trinajstić information content (AvgIpc) is 2.18. The Morgan fingerprint density at radius 2 is 2.14 bits per heavy atom. The summed E-state index contributed by atoms with van der Waals surface area (Å²) >= 11 is 5.65. The minimum absolute atomic E-state index is 0.191. The van der Waals surface area contributed by atoms with Crippen molar-refractivity contribution in [2.75, 3.05) is 18.5 Å². The third kappa shape index (κ3) is 3.89. The highest BCUT2D eigenvalue weighted by molar-refractivity contribution is 6.30. The Hall–Kier alpha value is -0.870. The van der Waals surface area contributed by atoms with E-state index in [0.29, 0.717) is 24.2 Å². The van der Waals surface area contributed by atoms with Crippen molar-refractivity contribution in [2.24, 2.45) is 0 Å². The predicted octanol–water partition coefficient (Wildman–Crippen LogP) is 1.97. The predicted molar refractivity (Wildman–Crippen MR) is 56.6 cm³/mol. The van der Waals surface area contributed by atoms with Crippen LogP contribution in [0.3, 0.4) is 0 Å². The number of anilines is 1. The summed E-state index contributed by atoms with van der Waals surface area (Å²) in [5, 5.41) is 3.63. The van der Waals surface area contributed by atoms with Crippen molar-refractivity contribution >= 4 is 17.5 Å². The first-order valence-electron chi connectivity index (χ1n) is 4.54. The van der Waals surface area contributed by atoms with Gasteiger partial charge in [-0.3, -0.25) is 0 Å². The van der Waals surface area contributed by atoms with E-state index in [1.807, 2.05) is 13.8 Å². The molecule has 0 aliphatic rings. The number of nitrogens with zero attached hydrogens (tertiary/aromatic N) is 2. The van der Waals surface area contributed by atoms with Crippen LogP contribution in [-0.2, 0) is 4.74 Å². The van der Waals surface area contributed by atoms with Crippen molar-refractivity contribution in [3.05, 3.63) is 17.4 Å². The molecule has 4 nitrogen and oxygen atoms in total. The summed E-state index contributed by atoms with van der Waals surface area (Å²) in [6, 6.07) is 0.191. The summed E-state index contributed by atoms with van der Waals surface area (Å²) in [5.74, 6) is 0.571. The normalized spacial score (nSPS) is 12.5. The molecule has 1 aromatic rings. The fourth-order valence-electron chi connectivity index (χ4n) is 0.943. The van der Waals surface area contributed by atoms with Gasteiger partial charge in [-0.05, 0) is 13.8 Å². The number of rotatable bonds is 5. The van der Waals surface area contributed by atoms with Gasteiger partial charge in [0.25, 0.3) is 0 Å². The van der Waals surface area contributed by atoms with Crippen LogP contribution < -0.4 is 5.32 Å². The van der Waals surface area contributed by atoms with E-state index in [1.54, 1.807) is 12.4 Å². The molecule has 0 aliphatic carbocycles. The van der Waals surface area contributed by atoms with Crippen molar-refractivity contribution in [1.29, 1.82) is 0 Å². The Morgan fingerprint density at radius 3 is 2.71 bits per heavy atom. The molecule has 0 fully saturated rings. The Kier molecular flexibility index (Phi) is 4.62. The largest absolute Gasteiger partial charge is 0.380 e. The van der Waals surface area contributed by atoms with Crippen molar-refractivity contribution in [2.45, 2.75) is 19.9 Å². The SMILES string of the molecule is CCOCC(C)Nc1ncc(Cl)cn1. The molecule has 0 amide bonds. The summed E-state index contributed by atoms with van der Waals surface area (Å²) in [6.07, 6.45) is 3.12. The zero-order valence-electron chi connectivity index (χ0n) is 8.33. The van der Waals surface area contributed by atoms with Crippen LogP contribution in [-0.4, -0.2) is 29.2 Å². The minimum Gasteiger partial charge on any atom is -0.380 e. The number of hydrogen-bond acceptors (Lipinski definition) is 4. The molecular formula is C9H14ClN3O. The molecule has 0 saturated carbocycles. The molecule has 1 atom stereocenters. The fourth-order valence-corrected chi connectivity index (χ4v) is 1.04. The van der Waals surface area contributed by atoms with E-state index in [1.165, 1.54) is 0 Å². The van der Waals surface area contributed by atoms with Crippen LogP contribution in [0.4, 0.5) is 5.95 Å². The maximum atomic E-state index is 5.65. The second-order valence-corrected chi connectivity index (χ2v) is 3.37. The second kappa shape index (κ2) is 5.78. The molecule has 1 unspecified atom stereocenters. The third-order valence-electron chi connectivity index (χ3n) is 1.57. The molecular weight excluding hydrogens is 202 g/mol. The number of hydrogen-bond donors (Lipinski definition) is 1. The first kappa shape index (κ1) is 11.2. The van der Waals surface area contributed by atoms with Gasteiger partial charge >= 0.3 is 0 Å². The monoisotopic (exact) mass is 215 g/mol. The topological polar surface area (TPSA) is 47.0 Å². The molecule has 78 valence electrons. The van der Waals surface area contributed by atoms with E-state index in [-0.39, 0.29) is 6.04 Å². The lowest BCUT2D eigenvalue weighted by molar-refractivity contribution is 0.141. The van der Waals surface area contributed by atoms with Gasteiger partial charge in [0.1, 0.15) is 0 Å². The van der Waals surface area contributed by atoms with Crippen LogP contribution in [0.1, 0.15) is 13.8 Å². The molecule has 0 saturated heterocycles. The van der Waals surface area contributed by atoms with Crippen LogP contribution in [0.15, 0.2) is 12.4 Å². The van der Waals surface area contributed by atoms with Gasteiger partial charge in [-0.15, -0.1) is 0 Å². The Balaban J connectivity index is 2.39. The number of nitrogens with one attached hydrogen (secondary N) is 1. The number of halogens is 1. The van der Waals surface area contributed by atoms with Gasteiger partial charge < -0.3 is 10.1 Å². The lowest BCUT2D eigenvalue weighted by Crippen LogP contribution is -2.22. The molecule has 1 rings (SSSR count). The Morgan fingerprint density at radius 1 is 1.50 bits per heavy atom. The first-order chi connectivity index (χ1) is 6.72. The summed E-state index contributed by atoms with van der Waals surface area (Å²) in [7, 11) is 0. The smallest absolute Gasteiger partial charge is 0.222 e. The molecule has 14 heavy (non-hydrogen) atoms. The highest BCUT2D eigenvalue weighted by Crippen LogP contribution is 2.06. The summed E-state index contributed by atoms with van der Waals surface area (Å²) in [4.78, 5) is 8.03. The van der Waals surface area contributed by atoms with E-state index < -0.39 is 0 Å². The molecule has 0 aliphatic heterocycles. The van der Waals surface area contributed by atoms with Gasteiger partial charge in [-0.1, -0.05) is 11.6 Å². The van der Waals surface area contributed by atoms with E-state index in [0.717, 1.165) is 0 Å². The van der Waals surface area contributed by atoms with Crippen LogP contribution in [0.2, 0.25) is 5.02 Å². The Labute approximate surface area is 88.7 Å². The number of aromatic nitrogens is 2. The maximum absolute atomic E-state index is 5.65. The second-order valence-electron chi connectivity index (χ2n) is 2.93. The number of ether oxygens (including phenoxy) is 1. The zero-order valence-corrected chi connectivity index (χ0v) is 9.08. The van der Waals surface area contributed by atoms with E-state index in [9.17, 15) is 0 Å². The van der Waals surface area contributed by atoms with Crippen molar-refractivity contribution in [3.8, 4) is 0 Å². The quantitative estimate of drug-likeness (QED) is 0.816. The van der Waals surface area contributed by atoms with Crippen LogP contribution in [0, 0.1) is 0 Å². The highest BCUT2D eigenvalue weighted by atomic mass is 35.5. The van der Waals surface area contributed by atoms with Crippen LogP contribution in [0.5, 0.6) is 0 Å². The van der Waals surface area contributed by atoms with Crippen LogP contribution >= 0.6 is 11.6 Å². The standard InChI is InChI=1S/C9H14ClN3O/c1-3-14-6-7(2)13-9-11-4-8(10)5-12-9/h4-5,7H,3,6H2,1-2H3,(H,11,12,13). The van der Waals surface area contributed by atoms with Gasteiger partial charge in [0, 0.05) is 12.6 Å². The molecule has 1 N–H and O–H groups in total. The van der Waals surface area contributed by atoms with Gasteiger partial charge in [-0.2, -0.15) is 0 Å². The van der Waals surface area contributed by atoms with E-state index in [4.69, 9.17) is 16.3 Å². The van der Waals surface area contributed by atoms with Crippen LogP contribution in [0.25, 0.3) is 0 Å². The minimum atomic E-state index is 0.191. The van der Waals surface area contributed by atoms with E-state index in [2.05, 4.69) is 15.3 Å². The summed E-state index contributed by atoms with van der Waals surface area (Å²) < 4.78 is 5.25. The molecule has 0 spiro atoms. The summed E-state index contributed by atoms with van der Waals surface area (Å²) in [5.41, 5.74) is 0. The molecule has 5 heteroatoms. The average molecular weight is 216 g/mol. The van der Waals surface area contributed by atoms with Gasteiger partial charge in [0.15, 0.2) is 0 Å². The molecule has 0 bridgehead atoms. The van der Waals surface area contributed by atoms with Crippen molar-refractivity contribution < 1.29 is 4.74 Å². The molecule has 0 aromatic carbocycles. The fraction of sp³-hybridized carbons (Fsp3) is 0.556. The lowest BCUT2D eigenvalue weighted by Gasteiger charge is -2.12. The zero-order chi connectivity index (χ0) is 10.4. The summed E-state index contributed by atoms with van der Waals surface area (Å²) in [6.45, 7) is 5.33. The molecule has 1 aromatic heterocycles.